The maximum Gasteiger partial charge on any atom is 0.338 e. The van der Waals surface area contributed by atoms with Gasteiger partial charge in [-0.15, -0.1) is 0 Å². The number of hydrogen-bond donors (Lipinski definition) is 1. The van der Waals surface area contributed by atoms with Crippen LogP contribution in [0.25, 0.3) is 0 Å². The molecule has 1 aromatic carbocycles. The number of ether oxygens (including phenoxy) is 1. The summed E-state index contributed by atoms with van der Waals surface area (Å²) in [6.45, 7) is 13.2. The number of rotatable bonds is 9. The Morgan fingerprint density at radius 2 is 1.77 bits per heavy atom. The molecule has 0 amide bonds. The fourth-order valence-electron chi connectivity index (χ4n) is 9.95. The van der Waals surface area contributed by atoms with E-state index in [1.165, 1.54) is 56.9 Å². The Morgan fingerprint density at radius 1 is 1.00 bits per heavy atom. The maximum atomic E-state index is 12.9. The van der Waals surface area contributed by atoms with Gasteiger partial charge in [0, 0.05) is 6.42 Å². The van der Waals surface area contributed by atoms with Gasteiger partial charge in [-0.1, -0.05) is 77.7 Å². The van der Waals surface area contributed by atoms with E-state index >= 15 is 0 Å². The van der Waals surface area contributed by atoms with Crippen molar-refractivity contribution in [1.29, 1.82) is 0 Å². The largest absolute Gasteiger partial charge is 0.458 e. The summed E-state index contributed by atoms with van der Waals surface area (Å²) in [5, 5.41) is 0. The summed E-state index contributed by atoms with van der Waals surface area (Å²) in [7, 11) is 0. The smallest absolute Gasteiger partial charge is 0.338 e. The molecule has 0 saturated heterocycles. The van der Waals surface area contributed by atoms with Gasteiger partial charge in [0.25, 0.3) is 0 Å². The van der Waals surface area contributed by atoms with E-state index in [1.807, 2.05) is 24.3 Å². The van der Waals surface area contributed by atoms with Crippen LogP contribution in [-0.4, -0.2) is 18.6 Å². The minimum Gasteiger partial charge on any atom is -0.458 e. The van der Waals surface area contributed by atoms with Gasteiger partial charge in [0.1, 0.15) is 6.10 Å². The first-order valence-electron chi connectivity index (χ1n) is 16.3. The molecule has 4 aliphatic rings. The van der Waals surface area contributed by atoms with Crippen molar-refractivity contribution in [2.45, 2.75) is 118 Å². The van der Waals surface area contributed by atoms with Crippen molar-refractivity contribution in [2.75, 3.05) is 6.54 Å². The molecule has 3 saturated carbocycles. The van der Waals surface area contributed by atoms with Crippen LogP contribution in [-0.2, 0) is 11.2 Å². The highest BCUT2D eigenvalue weighted by Crippen LogP contribution is 2.67. The average Bonchev–Trinajstić information content (AvgIpc) is 3.26. The third-order valence-corrected chi connectivity index (χ3v) is 12.2. The zero-order valence-electron chi connectivity index (χ0n) is 25.5. The molecular weight excluding hydrogens is 478 g/mol. The number of carbonyl (C=O) groups excluding carboxylic acids is 1. The lowest BCUT2D eigenvalue weighted by molar-refractivity contribution is -0.0594. The highest BCUT2D eigenvalue weighted by Gasteiger charge is 2.59. The Balaban J connectivity index is 1.22. The van der Waals surface area contributed by atoms with Crippen molar-refractivity contribution in [3.05, 3.63) is 47.0 Å². The van der Waals surface area contributed by atoms with Gasteiger partial charge in [0.2, 0.25) is 0 Å². The van der Waals surface area contributed by atoms with Crippen LogP contribution in [0.15, 0.2) is 35.9 Å². The molecule has 0 spiro atoms. The van der Waals surface area contributed by atoms with Gasteiger partial charge >= 0.3 is 5.97 Å². The van der Waals surface area contributed by atoms with Crippen LogP contribution in [0.5, 0.6) is 0 Å². The van der Waals surface area contributed by atoms with E-state index in [2.05, 4.69) is 40.7 Å². The Morgan fingerprint density at radius 3 is 2.49 bits per heavy atom. The van der Waals surface area contributed by atoms with Crippen molar-refractivity contribution < 1.29 is 9.53 Å². The molecule has 0 bridgehead atoms. The average molecular weight is 534 g/mol. The van der Waals surface area contributed by atoms with Crippen molar-refractivity contribution in [3.63, 3.8) is 0 Å². The Kier molecular flexibility index (Phi) is 8.68. The molecule has 4 aliphatic carbocycles. The lowest BCUT2D eigenvalue weighted by atomic mass is 9.47. The second-order valence-electron chi connectivity index (χ2n) is 14.8. The van der Waals surface area contributed by atoms with Crippen molar-refractivity contribution in [2.24, 2.45) is 52.1 Å². The highest BCUT2D eigenvalue weighted by molar-refractivity contribution is 5.89. The molecule has 3 nitrogen and oxygen atoms in total. The quantitative estimate of drug-likeness (QED) is 0.255. The van der Waals surface area contributed by atoms with Crippen LogP contribution in [0.4, 0.5) is 0 Å². The summed E-state index contributed by atoms with van der Waals surface area (Å²) >= 11 is 0. The van der Waals surface area contributed by atoms with Crippen LogP contribution in [0.3, 0.4) is 0 Å². The normalized spacial score (nSPS) is 36.5. The number of fused-ring (bicyclic) bond motifs is 5. The molecule has 3 fully saturated rings. The Bertz CT molecular complexity index is 1030. The molecule has 8 atom stereocenters. The minimum absolute atomic E-state index is 0.00787. The van der Waals surface area contributed by atoms with Gasteiger partial charge in [0.05, 0.1) is 5.56 Å². The fourth-order valence-corrected chi connectivity index (χ4v) is 9.95. The predicted octanol–water partition coefficient (Wildman–Crippen LogP) is 8.75. The molecule has 2 N–H and O–H groups in total. The van der Waals surface area contributed by atoms with E-state index in [1.54, 1.807) is 5.57 Å². The lowest BCUT2D eigenvalue weighted by Crippen LogP contribution is -2.51. The summed E-state index contributed by atoms with van der Waals surface area (Å²) in [5.41, 5.74) is 9.90. The lowest BCUT2D eigenvalue weighted by Gasteiger charge is -2.58. The summed E-state index contributed by atoms with van der Waals surface area (Å²) < 4.78 is 6.08. The van der Waals surface area contributed by atoms with E-state index in [0.717, 1.165) is 61.2 Å². The molecule has 0 heterocycles. The minimum atomic E-state index is -0.176. The van der Waals surface area contributed by atoms with Crippen LogP contribution >= 0.6 is 0 Å². The molecule has 5 rings (SSSR count). The highest BCUT2D eigenvalue weighted by atomic mass is 16.5. The number of hydrogen-bond acceptors (Lipinski definition) is 3. The second kappa shape index (κ2) is 11.7. The molecule has 4 unspecified atom stereocenters. The standard InChI is InChI=1S/C36H55NO2/c1-24(2)7-6-8-25(3)31-15-16-32-30-14-13-28-23-29(17-20-35(28,4)33(30)18-21-36(31,32)5)39-34(38)27-11-9-26(10-12-27)19-22-37/h9-13,24-25,29-33H,6-8,14-23,37H2,1-5H3/t25-,29?,30?,31-,32?,33?,35+,36-/m1/s1. The predicted molar refractivity (Wildman–Crippen MR) is 161 cm³/mol. The first-order valence-corrected chi connectivity index (χ1v) is 16.3. The number of allylic oxidation sites excluding steroid dienone is 1. The number of esters is 1. The van der Waals surface area contributed by atoms with Gasteiger partial charge in [-0.05, 0) is 122 Å². The van der Waals surface area contributed by atoms with E-state index in [4.69, 9.17) is 10.5 Å². The van der Waals surface area contributed by atoms with E-state index in [0.29, 0.717) is 17.5 Å². The van der Waals surface area contributed by atoms with Gasteiger partial charge in [-0.2, -0.15) is 0 Å². The molecule has 39 heavy (non-hydrogen) atoms. The second-order valence-corrected chi connectivity index (χ2v) is 14.8. The monoisotopic (exact) mass is 533 g/mol. The molecule has 1 aromatic rings. The molecule has 0 radical (unpaired) electrons. The maximum absolute atomic E-state index is 12.9. The van der Waals surface area contributed by atoms with Gasteiger partial charge in [-0.25, -0.2) is 4.79 Å². The SMILES string of the molecule is CC(C)CCC[C@@H](C)[C@H]1CCC2C3CC=C4CC(OC(=O)c5ccc(CCN)cc5)CC[C@]4(C)C3CC[C@@]21C. The summed E-state index contributed by atoms with van der Waals surface area (Å²) in [5.74, 6) is 4.96. The van der Waals surface area contributed by atoms with Gasteiger partial charge < -0.3 is 10.5 Å². The van der Waals surface area contributed by atoms with E-state index in [9.17, 15) is 4.79 Å². The number of nitrogens with two attached hydrogens (primary N) is 1. The van der Waals surface area contributed by atoms with Crippen molar-refractivity contribution >= 4 is 5.97 Å². The van der Waals surface area contributed by atoms with Crippen LogP contribution in [0, 0.1) is 46.3 Å². The number of carbonyl (C=O) groups is 1. The van der Waals surface area contributed by atoms with E-state index in [-0.39, 0.29) is 17.5 Å². The molecule has 3 heteroatoms. The third kappa shape index (κ3) is 5.64. The van der Waals surface area contributed by atoms with Crippen LogP contribution in [0.1, 0.15) is 121 Å². The molecule has 0 aliphatic heterocycles. The zero-order valence-corrected chi connectivity index (χ0v) is 25.5. The van der Waals surface area contributed by atoms with Crippen LogP contribution in [0.2, 0.25) is 0 Å². The summed E-state index contributed by atoms with van der Waals surface area (Å²) in [6, 6.07) is 7.79. The van der Waals surface area contributed by atoms with E-state index < -0.39 is 0 Å². The van der Waals surface area contributed by atoms with Gasteiger partial charge in [0.15, 0.2) is 0 Å². The number of benzene rings is 1. The van der Waals surface area contributed by atoms with Crippen molar-refractivity contribution in [3.8, 4) is 0 Å². The Labute approximate surface area is 238 Å². The summed E-state index contributed by atoms with van der Waals surface area (Å²) in [6.07, 6.45) is 17.7. The zero-order chi connectivity index (χ0) is 27.8. The third-order valence-electron chi connectivity index (χ3n) is 12.2. The summed E-state index contributed by atoms with van der Waals surface area (Å²) in [4.78, 5) is 12.9. The first-order chi connectivity index (χ1) is 18.7. The molecule has 0 aromatic heterocycles. The fraction of sp³-hybridized carbons (Fsp3) is 0.750. The van der Waals surface area contributed by atoms with Crippen LogP contribution < -0.4 is 5.73 Å². The van der Waals surface area contributed by atoms with Gasteiger partial charge in [-0.3, -0.25) is 0 Å². The van der Waals surface area contributed by atoms with Crippen molar-refractivity contribution in [1.82, 2.24) is 0 Å². The Hall–Kier alpha value is -1.61. The first kappa shape index (κ1) is 28.9. The topological polar surface area (TPSA) is 52.3 Å². The molecule has 216 valence electrons. The molecular formula is C36H55NO2.